The molecule has 0 spiro atoms. The molecule has 146 valence electrons. The Bertz CT molecular complexity index is 995. The predicted octanol–water partition coefficient (Wildman–Crippen LogP) is 4.90. The first-order chi connectivity index (χ1) is 13.6. The molecule has 0 aliphatic heterocycles. The Kier molecular flexibility index (Phi) is 5.43. The van der Waals surface area contributed by atoms with Crippen LogP contribution >= 0.6 is 11.3 Å². The molecule has 0 saturated heterocycles. The molecule has 2 heterocycles. The molecule has 0 bridgehead atoms. The molecule has 1 aromatic carbocycles. The van der Waals surface area contributed by atoms with Gasteiger partial charge in [0.1, 0.15) is 17.2 Å². The van der Waals surface area contributed by atoms with E-state index in [1.807, 2.05) is 19.1 Å². The van der Waals surface area contributed by atoms with Gasteiger partial charge in [-0.25, -0.2) is 4.98 Å². The fraction of sp³-hybridized carbons (Fsp3) is 0.381. The Labute approximate surface area is 168 Å². The normalized spacial score (nSPS) is 14.8. The lowest BCUT2D eigenvalue weighted by molar-refractivity contribution is 0.0958. The molecule has 1 aliphatic rings. The summed E-state index contributed by atoms with van der Waals surface area (Å²) in [6.45, 7) is 2.04. The van der Waals surface area contributed by atoms with Crippen molar-refractivity contribution < 1.29 is 9.53 Å². The number of anilines is 1. The van der Waals surface area contributed by atoms with Gasteiger partial charge in [0.25, 0.3) is 5.91 Å². The van der Waals surface area contributed by atoms with Crippen molar-refractivity contribution in [3.05, 3.63) is 41.7 Å². The highest BCUT2D eigenvalue weighted by Gasteiger charge is 2.17. The van der Waals surface area contributed by atoms with Crippen molar-refractivity contribution in [1.29, 1.82) is 0 Å². The number of amides is 1. The Morgan fingerprint density at radius 3 is 2.82 bits per heavy atom. The van der Waals surface area contributed by atoms with Crippen molar-refractivity contribution in [3.63, 3.8) is 0 Å². The number of carbonyl (C=O) groups is 1. The molecule has 6 nitrogen and oxygen atoms in total. The lowest BCUT2D eigenvalue weighted by Crippen LogP contribution is -2.21. The monoisotopic (exact) mass is 396 g/mol. The van der Waals surface area contributed by atoms with Gasteiger partial charge in [-0.05, 0) is 38.0 Å². The number of hydrogen-bond donors (Lipinski definition) is 2. The third-order valence-electron chi connectivity index (χ3n) is 5.11. The van der Waals surface area contributed by atoms with Crippen LogP contribution in [0.2, 0.25) is 0 Å². The minimum atomic E-state index is -0.237. The number of aromatic nitrogens is 2. The number of hydrogen-bond acceptors (Lipinski definition) is 6. The van der Waals surface area contributed by atoms with E-state index in [-0.39, 0.29) is 5.91 Å². The third kappa shape index (κ3) is 3.94. The first-order valence-electron chi connectivity index (χ1n) is 9.66. The summed E-state index contributed by atoms with van der Waals surface area (Å²) in [5, 5.41) is 7.16. The topological polar surface area (TPSA) is 76.1 Å². The van der Waals surface area contributed by atoms with E-state index in [0.717, 1.165) is 26.7 Å². The minimum absolute atomic E-state index is 0.237. The van der Waals surface area contributed by atoms with Gasteiger partial charge >= 0.3 is 0 Å². The lowest BCUT2D eigenvalue weighted by atomic mass is 9.96. The van der Waals surface area contributed by atoms with Crippen molar-refractivity contribution >= 4 is 32.6 Å². The Balaban J connectivity index is 1.56. The smallest absolute Gasteiger partial charge is 0.269 e. The van der Waals surface area contributed by atoms with E-state index in [4.69, 9.17) is 9.72 Å². The average molecular weight is 397 g/mol. The fourth-order valence-corrected chi connectivity index (χ4v) is 4.59. The number of nitrogens with one attached hydrogen (secondary N) is 2. The average Bonchev–Trinajstić information content (AvgIpc) is 3.14. The van der Waals surface area contributed by atoms with Gasteiger partial charge in [-0.15, -0.1) is 0 Å². The van der Waals surface area contributed by atoms with E-state index in [1.165, 1.54) is 32.1 Å². The number of thiazole rings is 1. The molecule has 1 amide bonds. The molecule has 4 rings (SSSR count). The van der Waals surface area contributed by atoms with Crippen molar-refractivity contribution in [2.75, 3.05) is 12.4 Å². The highest BCUT2D eigenvalue weighted by molar-refractivity contribution is 7.22. The van der Waals surface area contributed by atoms with Gasteiger partial charge in [0.05, 0.1) is 10.2 Å². The minimum Gasteiger partial charge on any atom is -0.457 e. The van der Waals surface area contributed by atoms with E-state index >= 15 is 0 Å². The molecule has 1 saturated carbocycles. The largest absolute Gasteiger partial charge is 0.457 e. The first kappa shape index (κ1) is 18.7. The van der Waals surface area contributed by atoms with Crippen molar-refractivity contribution in [3.8, 4) is 11.5 Å². The molecule has 28 heavy (non-hydrogen) atoms. The number of carbonyl (C=O) groups excluding carboxylic acids is 1. The molecular weight excluding hydrogens is 372 g/mol. The molecule has 3 aromatic rings. The number of rotatable bonds is 5. The molecule has 7 heteroatoms. The van der Waals surface area contributed by atoms with Gasteiger partial charge in [-0.1, -0.05) is 30.6 Å². The maximum Gasteiger partial charge on any atom is 0.269 e. The van der Waals surface area contributed by atoms with Crippen LogP contribution in [0.3, 0.4) is 0 Å². The molecule has 2 aromatic heterocycles. The standard InChI is InChI=1S/C21H24N4O2S/c1-13-18(27-15-10-11-23-17(12-15)20(26)22-2)9-8-16-19(13)28-21(25-16)24-14-6-4-3-5-7-14/h8-12,14H,3-7H2,1-2H3,(H,22,26)(H,24,25). The zero-order valence-corrected chi connectivity index (χ0v) is 16.9. The second kappa shape index (κ2) is 8.14. The van der Waals surface area contributed by atoms with Crippen LogP contribution in [0.4, 0.5) is 5.13 Å². The van der Waals surface area contributed by atoms with Crippen LogP contribution in [0.25, 0.3) is 10.2 Å². The van der Waals surface area contributed by atoms with Crippen LogP contribution in [0.5, 0.6) is 11.5 Å². The molecule has 1 fully saturated rings. The van der Waals surface area contributed by atoms with E-state index < -0.39 is 0 Å². The van der Waals surface area contributed by atoms with Gasteiger partial charge in [0, 0.05) is 30.9 Å². The number of aryl methyl sites for hydroxylation is 1. The fourth-order valence-electron chi connectivity index (χ4n) is 3.55. The van der Waals surface area contributed by atoms with E-state index in [9.17, 15) is 4.79 Å². The molecule has 1 aliphatic carbocycles. The number of ether oxygens (including phenoxy) is 1. The number of fused-ring (bicyclic) bond motifs is 1. The van der Waals surface area contributed by atoms with Gasteiger partial charge in [0.15, 0.2) is 5.13 Å². The summed E-state index contributed by atoms with van der Waals surface area (Å²) in [5.41, 5.74) is 2.36. The highest BCUT2D eigenvalue weighted by Crippen LogP contribution is 2.36. The van der Waals surface area contributed by atoms with Crippen LogP contribution in [-0.2, 0) is 0 Å². The number of pyridine rings is 1. The van der Waals surface area contributed by atoms with Gasteiger partial charge in [-0.2, -0.15) is 0 Å². The van der Waals surface area contributed by atoms with Crippen LogP contribution < -0.4 is 15.4 Å². The second-order valence-corrected chi connectivity index (χ2v) is 8.09. The van der Waals surface area contributed by atoms with Gasteiger partial charge in [0.2, 0.25) is 0 Å². The van der Waals surface area contributed by atoms with Crippen LogP contribution in [0.15, 0.2) is 30.5 Å². The molecule has 0 atom stereocenters. The molecular formula is C21H24N4O2S. The maximum absolute atomic E-state index is 11.8. The zero-order chi connectivity index (χ0) is 19.5. The quantitative estimate of drug-likeness (QED) is 0.642. The zero-order valence-electron chi connectivity index (χ0n) is 16.1. The van der Waals surface area contributed by atoms with E-state index in [1.54, 1.807) is 36.7 Å². The molecule has 2 N–H and O–H groups in total. The SMILES string of the molecule is CNC(=O)c1cc(Oc2ccc3nc(NC4CCCCC4)sc3c2C)ccn1. The third-order valence-corrected chi connectivity index (χ3v) is 6.23. The number of nitrogens with zero attached hydrogens (tertiary/aromatic N) is 2. The molecule has 0 unspecified atom stereocenters. The Hall–Kier alpha value is -2.67. The summed E-state index contributed by atoms with van der Waals surface area (Å²) in [4.78, 5) is 20.6. The number of benzene rings is 1. The summed E-state index contributed by atoms with van der Waals surface area (Å²) >= 11 is 1.68. The van der Waals surface area contributed by atoms with Gasteiger partial charge in [-0.3, -0.25) is 9.78 Å². The molecule has 0 radical (unpaired) electrons. The predicted molar refractivity (Wildman–Crippen MR) is 113 cm³/mol. The van der Waals surface area contributed by atoms with E-state index in [2.05, 4.69) is 15.6 Å². The van der Waals surface area contributed by atoms with Crippen molar-refractivity contribution in [2.45, 2.75) is 45.1 Å². The van der Waals surface area contributed by atoms with Crippen molar-refractivity contribution in [2.24, 2.45) is 0 Å². The maximum atomic E-state index is 11.8. The summed E-state index contributed by atoms with van der Waals surface area (Å²) < 4.78 is 7.17. The van der Waals surface area contributed by atoms with Crippen LogP contribution in [0, 0.1) is 6.92 Å². The summed E-state index contributed by atoms with van der Waals surface area (Å²) in [6.07, 6.45) is 7.95. The Morgan fingerprint density at radius 1 is 1.21 bits per heavy atom. The second-order valence-electron chi connectivity index (χ2n) is 7.09. The summed E-state index contributed by atoms with van der Waals surface area (Å²) in [6, 6.07) is 7.85. The van der Waals surface area contributed by atoms with Crippen LogP contribution in [-0.4, -0.2) is 29.0 Å². The van der Waals surface area contributed by atoms with Gasteiger partial charge < -0.3 is 15.4 Å². The van der Waals surface area contributed by atoms with E-state index in [0.29, 0.717) is 17.5 Å². The lowest BCUT2D eigenvalue weighted by Gasteiger charge is -2.22. The Morgan fingerprint density at radius 2 is 2.04 bits per heavy atom. The highest BCUT2D eigenvalue weighted by atomic mass is 32.1. The summed E-state index contributed by atoms with van der Waals surface area (Å²) in [7, 11) is 1.58. The van der Waals surface area contributed by atoms with Crippen molar-refractivity contribution in [1.82, 2.24) is 15.3 Å². The summed E-state index contributed by atoms with van der Waals surface area (Å²) in [5.74, 6) is 1.11. The van der Waals surface area contributed by atoms with Crippen LogP contribution in [0.1, 0.15) is 48.2 Å². The first-order valence-corrected chi connectivity index (χ1v) is 10.5.